The van der Waals surface area contributed by atoms with Gasteiger partial charge >= 0.3 is 6.09 Å². The monoisotopic (exact) mass is 524 g/mol. The number of rotatable bonds is 6. The zero-order valence-corrected chi connectivity index (χ0v) is 21.2. The lowest BCUT2D eigenvalue weighted by Crippen LogP contribution is -2.52. The van der Waals surface area contributed by atoms with Crippen molar-refractivity contribution < 1.29 is 9.53 Å². The molecule has 0 radical (unpaired) electrons. The number of likely N-dealkylation sites (N-methyl/N-ethyl adjacent to an activating group) is 1. The average molecular weight is 524 g/mol. The van der Waals surface area contributed by atoms with Crippen LogP contribution in [0.5, 0.6) is 0 Å². The van der Waals surface area contributed by atoms with Gasteiger partial charge in [0.25, 0.3) is 0 Å². The summed E-state index contributed by atoms with van der Waals surface area (Å²) in [5.41, 5.74) is -0.437. The van der Waals surface area contributed by atoms with E-state index in [-0.39, 0.29) is 30.1 Å². The SMILES string of the molecule is CCN1CCCC1CNC(=NC)NCCN1CCN(C(=O)OC(C)(C)C)CC1.I. The zero-order chi connectivity index (χ0) is 20.6. The Bertz CT molecular complexity index is 518. The fraction of sp³-hybridized carbons (Fsp3) is 0.900. The molecule has 2 rings (SSSR count). The minimum absolute atomic E-state index is 0. The van der Waals surface area contributed by atoms with E-state index in [1.165, 1.54) is 19.4 Å². The first-order valence-corrected chi connectivity index (χ1v) is 10.7. The second-order valence-corrected chi connectivity index (χ2v) is 8.61. The standard InChI is InChI=1S/C20H40N6O2.HI/c1-6-25-10-7-8-17(25)16-23-18(21-5)22-9-11-24-12-14-26(15-13-24)19(27)28-20(2,3)4;/h17H,6-16H2,1-5H3,(H2,21,22,23);1H. The number of carbonyl (C=O) groups excluding carboxylic acids is 1. The number of nitrogens with one attached hydrogen (secondary N) is 2. The summed E-state index contributed by atoms with van der Waals surface area (Å²) in [6.07, 6.45) is 2.35. The van der Waals surface area contributed by atoms with Crippen LogP contribution in [0.4, 0.5) is 4.79 Å². The van der Waals surface area contributed by atoms with Crippen molar-refractivity contribution in [1.29, 1.82) is 0 Å². The Balaban J connectivity index is 0.00000420. The van der Waals surface area contributed by atoms with E-state index >= 15 is 0 Å². The van der Waals surface area contributed by atoms with Crippen molar-refractivity contribution in [2.75, 3.05) is 66.0 Å². The topological polar surface area (TPSA) is 72.4 Å². The molecule has 0 aromatic carbocycles. The molecular weight excluding hydrogens is 483 g/mol. The van der Waals surface area contributed by atoms with Gasteiger partial charge in [-0.05, 0) is 46.7 Å². The molecule has 0 aliphatic carbocycles. The lowest BCUT2D eigenvalue weighted by atomic mass is 10.2. The molecule has 2 aliphatic rings. The molecule has 2 N–H and O–H groups in total. The lowest BCUT2D eigenvalue weighted by molar-refractivity contribution is 0.0147. The molecule has 1 unspecified atom stereocenters. The Morgan fingerprint density at radius 3 is 2.41 bits per heavy atom. The number of guanidine groups is 1. The maximum atomic E-state index is 12.1. The number of likely N-dealkylation sites (tertiary alicyclic amines) is 1. The summed E-state index contributed by atoms with van der Waals surface area (Å²) >= 11 is 0. The van der Waals surface area contributed by atoms with Gasteiger partial charge < -0.3 is 20.3 Å². The Kier molecular flexibility index (Phi) is 11.6. The lowest BCUT2D eigenvalue weighted by Gasteiger charge is -2.35. The van der Waals surface area contributed by atoms with Crippen molar-refractivity contribution in [3.05, 3.63) is 0 Å². The molecule has 0 spiro atoms. The third-order valence-electron chi connectivity index (χ3n) is 5.38. The summed E-state index contributed by atoms with van der Waals surface area (Å²) < 4.78 is 5.45. The van der Waals surface area contributed by atoms with Gasteiger partial charge in [-0.15, -0.1) is 24.0 Å². The van der Waals surface area contributed by atoms with Gasteiger partial charge in [0.15, 0.2) is 5.96 Å². The van der Waals surface area contributed by atoms with Gasteiger partial charge in [0, 0.05) is 58.9 Å². The van der Waals surface area contributed by atoms with E-state index in [4.69, 9.17) is 4.74 Å². The van der Waals surface area contributed by atoms with Crippen molar-refractivity contribution in [2.45, 2.75) is 52.2 Å². The van der Waals surface area contributed by atoms with Crippen LogP contribution >= 0.6 is 24.0 Å². The predicted molar refractivity (Wildman–Crippen MR) is 129 cm³/mol. The maximum Gasteiger partial charge on any atom is 0.410 e. The quantitative estimate of drug-likeness (QED) is 0.314. The highest BCUT2D eigenvalue weighted by Crippen LogP contribution is 2.15. The molecule has 29 heavy (non-hydrogen) atoms. The molecule has 8 nitrogen and oxygen atoms in total. The van der Waals surface area contributed by atoms with E-state index in [1.807, 2.05) is 27.8 Å². The second kappa shape index (κ2) is 12.8. The van der Waals surface area contributed by atoms with E-state index in [9.17, 15) is 4.79 Å². The molecule has 1 atom stereocenters. The molecule has 1 amide bonds. The molecule has 2 saturated heterocycles. The van der Waals surface area contributed by atoms with Gasteiger partial charge in [-0.25, -0.2) is 4.79 Å². The molecule has 2 aliphatic heterocycles. The van der Waals surface area contributed by atoms with E-state index in [0.717, 1.165) is 58.3 Å². The van der Waals surface area contributed by atoms with Gasteiger partial charge in [-0.1, -0.05) is 6.92 Å². The van der Waals surface area contributed by atoms with Crippen LogP contribution in [0, 0.1) is 0 Å². The number of carbonyl (C=O) groups is 1. The molecular formula is C20H41IN6O2. The molecule has 0 aromatic rings. The average Bonchev–Trinajstić information content (AvgIpc) is 3.11. The van der Waals surface area contributed by atoms with Crippen molar-refractivity contribution in [2.24, 2.45) is 4.99 Å². The van der Waals surface area contributed by atoms with Crippen LogP contribution in [-0.2, 0) is 4.74 Å². The summed E-state index contributed by atoms with van der Waals surface area (Å²) in [4.78, 5) is 23.2. The highest BCUT2D eigenvalue weighted by atomic mass is 127. The van der Waals surface area contributed by atoms with Crippen molar-refractivity contribution >= 4 is 36.0 Å². The summed E-state index contributed by atoms with van der Waals surface area (Å²) in [6.45, 7) is 16.2. The van der Waals surface area contributed by atoms with Gasteiger partial charge in [0.2, 0.25) is 0 Å². The van der Waals surface area contributed by atoms with E-state index in [2.05, 4.69) is 32.3 Å². The largest absolute Gasteiger partial charge is 0.444 e. The molecule has 0 saturated carbocycles. The van der Waals surface area contributed by atoms with Crippen LogP contribution in [0.3, 0.4) is 0 Å². The van der Waals surface area contributed by atoms with Crippen molar-refractivity contribution in [1.82, 2.24) is 25.3 Å². The first-order valence-electron chi connectivity index (χ1n) is 10.7. The highest BCUT2D eigenvalue weighted by molar-refractivity contribution is 14.0. The van der Waals surface area contributed by atoms with Crippen LogP contribution in [-0.4, -0.2) is 104 Å². The number of nitrogens with zero attached hydrogens (tertiary/aromatic N) is 4. The summed E-state index contributed by atoms with van der Waals surface area (Å²) in [5, 5.41) is 6.88. The number of aliphatic imine (C=N–C) groups is 1. The van der Waals surface area contributed by atoms with Gasteiger partial charge in [0.05, 0.1) is 0 Å². The predicted octanol–water partition coefficient (Wildman–Crippen LogP) is 1.81. The normalized spacial score (nSPS) is 21.6. The Labute approximate surface area is 193 Å². The summed E-state index contributed by atoms with van der Waals surface area (Å²) in [6, 6.07) is 0.615. The Hall–Kier alpha value is -0.810. The minimum Gasteiger partial charge on any atom is -0.444 e. The number of piperazine rings is 1. The first-order chi connectivity index (χ1) is 13.3. The van der Waals surface area contributed by atoms with Crippen LogP contribution < -0.4 is 10.6 Å². The third kappa shape index (κ3) is 9.25. The maximum absolute atomic E-state index is 12.1. The zero-order valence-electron chi connectivity index (χ0n) is 18.9. The summed E-state index contributed by atoms with van der Waals surface area (Å²) in [5.74, 6) is 0.871. The fourth-order valence-electron chi connectivity index (χ4n) is 3.79. The molecule has 170 valence electrons. The van der Waals surface area contributed by atoms with Gasteiger partial charge in [-0.2, -0.15) is 0 Å². The first kappa shape index (κ1) is 26.2. The molecule has 9 heteroatoms. The Morgan fingerprint density at radius 2 is 1.83 bits per heavy atom. The smallest absolute Gasteiger partial charge is 0.410 e. The number of hydrogen-bond acceptors (Lipinski definition) is 5. The second-order valence-electron chi connectivity index (χ2n) is 8.61. The number of hydrogen-bond donors (Lipinski definition) is 2. The van der Waals surface area contributed by atoms with Gasteiger partial charge in [-0.3, -0.25) is 14.8 Å². The molecule has 0 aromatic heterocycles. The van der Waals surface area contributed by atoms with Crippen LogP contribution in [0.1, 0.15) is 40.5 Å². The molecule has 0 bridgehead atoms. The van der Waals surface area contributed by atoms with Crippen molar-refractivity contribution in [3.63, 3.8) is 0 Å². The van der Waals surface area contributed by atoms with E-state index in [0.29, 0.717) is 6.04 Å². The van der Waals surface area contributed by atoms with Crippen molar-refractivity contribution in [3.8, 4) is 0 Å². The van der Waals surface area contributed by atoms with E-state index in [1.54, 1.807) is 4.90 Å². The number of halogens is 1. The van der Waals surface area contributed by atoms with Crippen LogP contribution in [0.15, 0.2) is 4.99 Å². The van der Waals surface area contributed by atoms with Gasteiger partial charge in [0.1, 0.15) is 5.60 Å². The molecule has 2 fully saturated rings. The number of amides is 1. The minimum atomic E-state index is -0.437. The number of ether oxygens (including phenoxy) is 1. The highest BCUT2D eigenvalue weighted by Gasteiger charge is 2.26. The third-order valence-corrected chi connectivity index (χ3v) is 5.38. The molecule has 2 heterocycles. The van der Waals surface area contributed by atoms with Crippen LogP contribution in [0.2, 0.25) is 0 Å². The Morgan fingerprint density at radius 1 is 1.14 bits per heavy atom. The van der Waals surface area contributed by atoms with Crippen LogP contribution in [0.25, 0.3) is 0 Å². The summed E-state index contributed by atoms with van der Waals surface area (Å²) in [7, 11) is 1.82. The fourth-order valence-corrected chi connectivity index (χ4v) is 3.79. The van der Waals surface area contributed by atoms with E-state index < -0.39 is 5.60 Å².